The highest BCUT2D eigenvalue weighted by atomic mass is 16.5. The molecular formula is C14H19NO5. The Kier molecular flexibility index (Phi) is 4.81. The normalized spacial score (nSPS) is 21.9. The van der Waals surface area contributed by atoms with Crippen LogP contribution >= 0.6 is 0 Å². The SMILES string of the molecule is Nc1ccc(C(=O)O)c(OCCOC2CCCC2O)c1. The zero-order valence-corrected chi connectivity index (χ0v) is 11.1. The van der Waals surface area contributed by atoms with E-state index in [1.165, 1.54) is 18.2 Å². The summed E-state index contributed by atoms with van der Waals surface area (Å²) in [5.41, 5.74) is 6.12. The van der Waals surface area contributed by atoms with Crippen molar-refractivity contribution in [1.29, 1.82) is 0 Å². The van der Waals surface area contributed by atoms with E-state index in [1.807, 2.05) is 0 Å². The van der Waals surface area contributed by atoms with E-state index in [1.54, 1.807) is 0 Å². The zero-order chi connectivity index (χ0) is 14.5. The minimum atomic E-state index is -1.06. The first-order chi connectivity index (χ1) is 9.58. The minimum absolute atomic E-state index is 0.0695. The quantitative estimate of drug-likeness (QED) is 0.536. The van der Waals surface area contributed by atoms with Crippen LogP contribution in [0, 0.1) is 0 Å². The zero-order valence-electron chi connectivity index (χ0n) is 11.1. The number of aliphatic hydroxyl groups is 1. The third-order valence-corrected chi connectivity index (χ3v) is 3.33. The largest absolute Gasteiger partial charge is 0.490 e. The third kappa shape index (κ3) is 3.61. The van der Waals surface area contributed by atoms with Crippen molar-refractivity contribution in [2.75, 3.05) is 18.9 Å². The van der Waals surface area contributed by atoms with Gasteiger partial charge in [0.2, 0.25) is 0 Å². The number of carboxylic acid groups (broad SMARTS) is 1. The van der Waals surface area contributed by atoms with Gasteiger partial charge in [0.25, 0.3) is 0 Å². The van der Waals surface area contributed by atoms with Gasteiger partial charge < -0.3 is 25.4 Å². The van der Waals surface area contributed by atoms with Crippen LogP contribution in [0.5, 0.6) is 5.75 Å². The van der Waals surface area contributed by atoms with Crippen molar-refractivity contribution in [2.45, 2.75) is 31.5 Å². The second-order valence-electron chi connectivity index (χ2n) is 4.82. The molecule has 0 saturated heterocycles. The molecule has 1 aliphatic rings. The monoisotopic (exact) mass is 281 g/mol. The molecule has 0 aromatic heterocycles. The summed E-state index contributed by atoms with van der Waals surface area (Å²) in [4.78, 5) is 11.0. The van der Waals surface area contributed by atoms with E-state index < -0.39 is 12.1 Å². The molecule has 0 heterocycles. The van der Waals surface area contributed by atoms with E-state index >= 15 is 0 Å². The number of aliphatic hydroxyl groups excluding tert-OH is 1. The van der Waals surface area contributed by atoms with Crippen LogP contribution in [-0.2, 0) is 4.74 Å². The lowest BCUT2D eigenvalue weighted by atomic mass is 10.2. The van der Waals surface area contributed by atoms with Gasteiger partial charge >= 0.3 is 5.97 Å². The number of anilines is 1. The molecule has 20 heavy (non-hydrogen) atoms. The first-order valence-corrected chi connectivity index (χ1v) is 6.63. The second-order valence-corrected chi connectivity index (χ2v) is 4.82. The van der Waals surface area contributed by atoms with Crippen molar-refractivity contribution < 1.29 is 24.5 Å². The van der Waals surface area contributed by atoms with Gasteiger partial charge in [-0.2, -0.15) is 0 Å². The van der Waals surface area contributed by atoms with Crippen LogP contribution in [0.25, 0.3) is 0 Å². The molecule has 2 unspecified atom stereocenters. The molecule has 1 saturated carbocycles. The van der Waals surface area contributed by atoms with Gasteiger partial charge in [-0.05, 0) is 31.4 Å². The maximum absolute atomic E-state index is 11.0. The summed E-state index contributed by atoms with van der Waals surface area (Å²) >= 11 is 0. The molecule has 0 amide bonds. The number of hydrogen-bond donors (Lipinski definition) is 3. The summed E-state index contributed by atoms with van der Waals surface area (Å²) in [6, 6.07) is 4.41. The highest BCUT2D eigenvalue weighted by molar-refractivity contribution is 5.91. The maximum Gasteiger partial charge on any atom is 0.339 e. The van der Waals surface area contributed by atoms with Gasteiger partial charge in [-0.25, -0.2) is 4.79 Å². The number of carbonyl (C=O) groups is 1. The van der Waals surface area contributed by atoms with Crippen molar-refractivity contribution in [3.05, 3.63) is 23.8 Å². The Hall–Kier alpha value is -1.79. The van der Waals surface area contributed by atoms with Crippen molar-refractivity contribution >= 4 is 11.7 Å². The van der Waals surface area contributed by atoms with Crippen LogP contribution in [0.3, 0.4) is 0 Å². The van der Waals surface area contributed by atoms with Crippen LogP contribution in [0.1, 0.15) is 29.6 Å². The fourth-order valence-corrected chi connectivity index (χ4v) is 2.29. The van der Waals surface area contributed by atoms with Gasteiger partial charge in [-0.15, -0.1) is 0 Å². The Labute approximate surface area is 117 Å². The lowest BCUT2D eigenvalue weighted by Crippen LogP contribution is -2.25. The van der Waals surface area contributed by atoms with Gasteiger partial charge in [0.05, 0.1) is 18.8 Å². The van der Waals surface area contributed by atoms with E-state index in [9.17, 15) is 9.90 Å². The van der Waals surface area contributed by atoms with Crippen LogP contribution in [0.2, 0.25) is 0 Å². The van der Waals surface area contributed by atoms with E-state index in [2.05, 4.69) is 0 Å². The lowest BCUT2D eigenvalue weighted by Gasteiger charge is -2.16. The lowest BCUT2D eigenvalue weighted by molar-refractivity contribution is -0.0276. The molecule has 0 bridgehead atoms. The van der Waals surface area contributed by atoms with E-state index in [-0.39, 0.29) is 24.0 Å². The number of aromatic carboxylic acids is 1. The number of benzene rings is 1. The Morgan fingerprint density at radius 3 is 2.80 bits per heavy atom. The van der Waals surface area contributed by atoms with Crippen LogP contribution < -0.4 is 10.5 Å². The Morgan fingerprint density at radius 1 is 1.35 bits per heavy atom. The molecular weight excluding hydrogens is 262 g/mol. The average molecular weight is 281 g/mol. The predicted octanol–water partition coefficient (Wildman–Crippen LogP) is 1.28. The molecule has 110 valence electrons. The molecule has 1 aromatic carbocycles. The van der Waals surface area contributed by atoms with E-state index in [0.29, 0.717) is 12.3 Å². The fraction of sp³-hybridized carbons (Fsp3) is 0.500. The molecule has 1 aliphatic carbocycles. The molecule has 6 heteroatoms. The topological polar surface area (TPSA) is 102 Å². The summed E-state index contributed by atoms with van der Waals surface area (Å²) in [6.45, 7) is 0.516. The van der Waals surface area contributed by atoms with Crippen molar-refractivity contribution in [1.82, 2.24) is 0 Å². The highest BCUT2D eigenvalue weighted by Crippen LogP contribution is 2.23. The number of hydrogen-bond acceptors (Lipinski definition) is 5. The number of nitrogen functional groups attached to an aromatic ring is 1. The summed E-state index contributed by atoms with van der Waals surface area (Å²) in [5, 5.41) is 18.6. The molecule has 4 N–H and O–H groups in total. The van der Waals surface area contributed by atoms with Crippen molar-refractivity contribution in [2.24, 2.45) is 0 Å². The molecule has 1 aromatic rings. The van der Waals surface area contributed by atoms with E-state index in [0.717, 1.165) is 19.3 Å². The molecule has 2 rings (SSSR count). The third-order valence-electron chi connectivity index (χ3n) is 3.33. The summed E-state index contributed by atoms with van der Waals surface area (Å²) in [7, 11) is 0. The number of nitrogens with two attached hydrogens (primary N) is 1. The molecule has 2 atom stereocenters. The average Bonchev–Trinajstić information content (AvgIpc) is 2.80. The second kappa shape index (κ2) is 6.58. The Balaban J connectivity index is 1.84. The standard InChI is InChI=1S/C14H19NO5/c15-9-4-5-10(14(17)18)13(8-9)20-7-6-19-12-3-1-2-11(12)16/h4-5,8,11-12,16H,1-3,6-7,15H2,(H,17,18). The number of carboxylic acids is 1. The molecule has 0 radical (unpaired) electrons. The fourth-order valence-electron chi connectivity index (χ4n) is 2.29. The van der Waals surface area contributed by atoms with Crippen LogP contribution in [-0.4, -0.2) is 41.6 Å². The van der Waals surface area contributed by atoms with Gasteiger partial charge in [0, 0.05) is 11.8 Å². The smallest absolute Gasteiger partial charge is 0.339 e. The Morgan fingerprint density at radius 2 is 2.15 bits per heavy atom. The first kappa shape index (κ1) is 14.6. The van der Waals surface area contributed by atoms with Crippen LogP contribution in [0.4, 0.5) is 5.69 Å². The summed E-state index contributed by atoms with van der Waals surface area (Å²) in [5.74, 6) is -0.833. The van der Waals surface area contributed by atoms with Gasteiger partial charge in [-0.3, -0.25) is 0 Å². The summed E-state index contributed by atoms with van der Waals surface area (Å²) in [6.07, 6.45) is 2.03. The van der Waals surface area contributed by atoms with Crippen molar-refractivity contribution in [3.8, 4) is 5.75 Å². The summed E-state index contributed by atoms with van der Waals surface area (Å²) < 4.78 is 10.9. The molecule has 6 nitrogen and oxygen atoms in total. The van der Waals surface area contributed by atoms with E-state index in [4.69, 9.17) is 20.3 Å². The molecule has 0 aliphatic heterocycles. The van der Waals surface area contributed by atoms with Crippen molar-refractivity contribution in [3.63, 3.8) is 0 Å². The van der Waals surface area contributed by atoms with Gasteiger partial charge in [0.1, 0.15) is 17.9 Å². The minimum Gasteiger partial charge on any atom is -0.490 e. The van der Waals surface area contributed by atoms with Gasteiger partial charge in [-0.1, -0.05) is 0 Å². The van der Waals surface area contributed by atoms with Gasteiger partial charge in [0.15, 0.2) is 0 Å². The number of ether oxygens (including phenoxy) is 2. The molecule has 0 spiro atoms. The number of rotatable bonds is 6. The highest BCUT2D eigenvalue weighted by Gasteiger charge is 2.25. The maximum atomic E-state index is 11.0. The van der Waals surface area contributed by atoms with Crippen LogP contribution in [0.15, 0.2) is 18.2 Å². The first-order valence-electron chi connectivity index (χ1n) is 6.63. The Bertz CT molecular complexity index is 477. The predicted molar refractivity (Wildman–Crippen MR) is 72.9 cm³/mol. The molecule has 1 fully saturated rings.